The molecule has 2 atom stereocenters. The highest BCUT2D eigenvalue weighted by atomic mass is 35.5. The Hall–Kier alpha value is -2.28. The van der Waals surface area contributed by atoms with Gasteiger partial charge in [0.05, 0.1) is 21.0 Å². The van der Waals surface area contributed by atoms with Crippen molar-refractivity contribution in [2.75, 3.05) is 26.2 Å². The molecule has 2 aromatic carbocycles. The van der Waals surface area contributed by atoms with Crippen molar-refractivity contribution in [1.29, 1.82) is 0 Å². The first kappa shape index (κ1) is 24.8. The highest BCUT2D eigenvalue weighted by Crippen LogP contribution is 2.37. The summed E-state index contributed by atoms with van der Waals surface area (Å²) < 4.78 is 94.0. The molecule has 34 heavy (non-hydrogen) atoms. The van der Waals surface area contributed by atoms with E-state index in [4.69, 9.17) is 11.6 Å². The van der Waals surface area contributed by atoms with Crippen molar-refractivity contribution in [2.45, 2.75) is 34.5 Å². The van der Waals surface area contributed by atoms with Crippen LogP contribution in [0.3, 0.4) is 0 Å². The lowest BCUT2D eigenvalue weighted by Crippen LogP contribution is -2.47. The van der Waals surface area contributed by atoms with Gasteiger partial charge < -0.3 is 10.6 Å². The minimum absolute atomic E-state index is 0.179. The molecular weight excluding hydrogens is 505 g/mol. The van der Waals surface area contributed by atoms with Gasteiger partial charge in [-0.3, -0.25) is 9.69 Å². The molecule has 2 aliphatic rings. The highest BCUT2D eigenvalue weighted by Gasteiger charge is 2.37. The number of hydrogen-bond acceptors (Lipinski definition) is 5. The van der Waals surface area contributed by atoms with E-state index in [1.165, 1.54) is 0 Å². The molecule has 2 aliphatic heterocycles. The molecule has 0 spiro atoms. The van der Waals surface area contributed by atoms with Gasteiger partial charge in [0.1, 0.15) is 4.90 Å². The summed E-state index contributed by atoms with van der Waals surface area (Å²) in [5.41, 5.74) is -1.89. The van der Waals surface area contributed by atoms with E-state index in [0.29, 0.717) is 37.2 Å². The average molecular weight is 524 g/mol. The van der Waals surface area contributed by atoms with Gasteiger partial charge in [0.2, 0.25) is 9.84 Å². The van der Waals surface area contributed by atoms with Crippen molar-refractivity contribution in [3.8, 4) is 0 Å². The van der Waals surface area contributed by atoms with Gasteiger partial charge in [-0.25, -0.2) is 17.2 Å². The summed E-state index contributed by atoms with van der Waals surface area (Å²) >= 11 is 5.79. The number of nitrogens with zero attached hydrogens (tertiary/aromatic N) is 1. The number of carbonyl (C=O) groups is 1. The molecule has 1 amide bonds. The maximum absolute atomic E-state index is 14.8. The summed E-state index contributed by atoms with van der Waals surface area (Å²) in [5, 5.41) is 5.05. The summed E-state index contributed by atoms with van der Waals surface area (Å²) in [6.45, 7) is 2.79. The predicted molar refractivity (Wildman–Crippen MR) is 112 cm³/mol. The van der Waals surface area contributed by atoms with Crippen molar-refractivity contribution in [2.24, 2.45) is 0 Å². The zero-order valence-electron chi connectivity index (χ0n) is 17.4. The molecule has 2 saturated heterocycles. The third kappa shape index (κ3) is 4.64. The number of piperazine rings is 1. The lowest BCUT2D eigenvalue weighted by atomic mass is 10.1. The van der Waals surface area contributed by atoms with Crippen LogP contribution in [-0.2, 0) is 16.0 Å². The lowest BCUT2D eigenvalue weighted by Gasteiger charge is -2.29. The van der Waals surface area contributed by atoms with E-state index >= 15 is 0 Å². The largest absolute Gasteiger partial charge is 0.416 e. The summed E-state index contributed by atoms with van der Waals surface area (Å²) in [7, 11) is -5.01. The molecule has 6 nitrogen and oxygen atoms in total. The van der Waals surface area contributed by atoms with Crippen LogP contribution >= 0.6 is 11.6 Å². The molecule has 0 bridgehead atoms. The Kier molecular flexibility index (Phi) is 6.62. The van der Waals surface area contributed by atoms with Crippen LogP contribution in [0.1, 0.15) is 22.3 Å². The number of alkyl halides is 3. The predicted octanol–water partition coefficient (Wildman–Crippen LogP) is 3.25. The molecular formula is C21H19ClF5N3O3S. The molecule has 2 aromatic rings. The van der Waals surface area contributed by atoms with Gasteiger partial charge in [0, 0.05) is 38.3 Å². The Balaban J connectivity index is 1.70. The lowest BCUT2D eigenvalue weighted by molar-refractivity contribution is -0.137. The normalized spacial score (nSPS) is 21.4. The number of amides is 1. The maximum Gasteiger partial charge on any atom is 0.416 e. The minimum atomic E-state index is -5.01. The smallest absolute Gasteiger partial charge is 0.348 e. The van der Waals surface area contributed by atoms with Gasteiger partial charge in [0.15, 0.2) is 11.6 Å². The van der Waals surface area contributed by atoms with Crippen LogP contribution in [0.15, 0.2) is 40.1 Å². The van der Waals surface area contributed by atoms with E-state index in [9.17, 15) is 35.2 Å². The number of fused-ring (bicyclic) bond motifs is 1. The SMILES string of the molecule is O=C(NC1CC2CNCCN2C1)c1ccc(F)c(F)c1S(=O)(=O)c1ccc(C(F)(F)F)cc1Cl. The standard InChI is InChI=1S/C21H19ClF5N3O3S/c22-15-7-11(21(25,26)27)1-4-17(15)34(32,33)19-14(2-3-16(23)18(19)24)20(31)29-12-8-13-9-28-5-6-30(13)10-12/h1-4,7,12-13,28H,5-6,8-10H2,(H,29,31). The van der Waals surface area contributed by atoms with Gasteiger partial charge in [0.25, 0.3) is 5.91 Å². The average Bonchev–Trinajstić information content (AvgIpc) is 3.16. The van der Waals surface area contributed by atoms with E-state index in [0.717, 1.165) is 25.7 Å². The summed E-state index contributed by atoms with van der Waals surface area (Å²) in [5.74, 6) is -4.31. The van der Waals surface area contributed by atoms with Crippen LogP contribution in [0.25, 0.3) is 0 Å². The summed E-state index contributed by atoms with van der Waals surface area (Å²) in [6.07, 6.45) is -4.22. The Morgan fingerprint density at radius 2 is 1.91 bits per heavy atom. The first-order chi connectivity index (χ1) is 15.9. The van der Waals surface area contributed by atoms with Gasteiger partial charge in [-0.1, -0.05) is 11.6 Å². The van der Waals surface area contributed by atoms with Gasteiger partial charge in [-0.15, -0.1) is 0 Å². The van der Waals surface area contributed by atoms with Gasteiger partial charge in [-0.05, 0) is 36.8 Å². The molecule has 0 aliphatic carbocycles. The van der Waals surface area contributed by atoms with E-state index < -0.39 is 59.5 Å². The number of hydrogen-bond donors (Lipinski definition) is 2. The third-order valence-electron chi connectivity index (χ3n) is 5.93. The molecule has 184 valence electrons. The molecule has 2 heterocycles. The Bertz CT molecular complexity index is 1220. The monoisotopic (exact) mass is 523 g/mol. The van der Waals surface area contributed by atoms with Crippen LogP contribution in [0.2, 0.25) is 5.02 Å². The number of halogens is 6. The number of sulfone groups is 1. The van der Waals surface area contributed by atoms with E-state index in [1.807, 2.05) is 0 Å². The van der Waals surface area contributed by atoms with Gasteiger partial charge >= 0.3 is 6.18 Å². The van der Waals surface area contributed by atoms with E-state index in [2.05, 4.69) is 15.5 Å². The van der Waals surface area contributed by atoms with Crippen LogP contribution in [0.4, 0.5) is 22.0 Å². The van der Waals surface area contributed by atoms with Crippen molar-refractivity contribution in [3.05, 3.63) is 58.1 Å². The summed E-state index contributed by atoms with van der Waals surface area (Å²) in [6, 6.07) is 2.64. The van der Waals surface area contributed by atoms with Gasteiger partial charge in [-0.2, -0.15) is 13.2 Å². The number of nitrogens with one attached hydrogen (secondary N) is 2. The second-order valence-corrected chi connectivity index (χ2v) is 10.4. The number of carbonyl (C=O) groups excluding carboxylic acids is 1. The van der Waals surface area contributed by atoms with Crippen molar-refractivity contribution in [3.63, 3.8) is 0 Å². The quantitative estimate of drug-likeness (QED) is 0.602. The Labute approximate surface area is 197 Å². The number of rotatable bonds is 4. The van der Waals surface area contributed by atoms with E-state index in [1.54, 1.807) is 0 Å². The molecule has 4 rings (SSSR count). The zero-order chi connectivity index (χ0) is 24.8. The first-order valence-corrected chi connectivity index (χ1v) is 12.1. The van der Waals surface area contributed by atoms with E-state index in [-0.39, 0.29) is 12.1 Å². The zero-order valence-corrected chi connectivity index (χ0v) is 19.0. The second-order valence-electron chi connectivity index (χ2n) is 8.14. The maximum atomic E-state index is 14.8. The van der Waals surface area contributed by atoms with Crippen LogP contribution in [-0.4, -0.2) is 57.5 Å². The number of benzene rings is 2. The fourth-order valence-electron chi connectivity index (χ4n) is 4.31. The van der Waals surface area contributed by atoms with Crippen molar-refractivity contribution >= 4 is 27.3 Å². The second kappa shape index (κ2) is 9.06. The van der Waals surface area contributed by atoms with Crippen LogP contribution < -0.4 is 10.6 Å². The minimum Gasteiger partial charge on any atom is -0.348 e. The Morgan fingerprint density at radius 1 is 1.18 bits per heavy atom. The fraction of sp³-hybridized carbons (Fsp3) is 0.381. The highest BCUT2D eigenvalue weighted by molar-refractivity contribution is 7.91. The molecule has 0 radical (unpaired) electrons. The van der Waals surface area contributed by atoms with Crippen molar-refractivity contribution in [1.82, 2.24) is 15.5 Å². The fourth-order valence-corrected chi connectivity index (χ4v) is 6.36. The van der Waals surface area contributed by atoms with Crippen molar-refractivity contribution < 1.29 is 35.2 Å². The van der Waals surface area contributed by atoms with Crippen LogP contribution in [0.5, 0.6) is 0 Å². The first-order valence-electron chi connectivity index (χ1n) is 10.2. The molecule has 2 fully saturated rings. The molecule has 0 saturated carbocycles. The molecule has 2 unspecified atom stereocenters. The Morgan fingerprint density at radius 3 is 2.56 bits per heavy atom. The third-order valence-corrected chi connectivity index (χ3v) is 8.23. The molecule has 0 aromatic heterocycles. The topological polar surface area (TPSA) is 78.5 Å². The molecule has 13 heteroatoms. The van der Waals surface area contributed by atoms with Crippen LogP contribution in [0, 0.1) is 11.6 Å². The molecule has 2 N–H and O–H groups in total. The summed E-state index contributed by atoms with van der Waals surface area (Å²) in [4.78, 5) is 12.9.